The van der Waals surface area contributed by atoms with Crippen LogP contribution < -0.4 is 10.0 Å². The molecule has 0 radical (unpaired) electrons. The lowest BCUT2D eigenvalue weighted by molar-refractivity contribution is 0.282. The SMILES string of the molecule is CCNc1ccccc1S(=O)(=O)NC1CCCCC1CC. The Balaban J connectivity index is 2.21. The Kier molecular flexibility index (Phi) is 5.65. The van der Waals surface area contributed by atoms with Gasteiger partial charge in [0.2, 0.25) is 10.0 Å². The molecule has 2 unspecified atom stereocenters. The number of hydrogen-bond donors (Lipinski definition) is 2. The summed E-state index contributed by atoms with van der Waals surface area (Å²) < 4.78 is 28.4. The predicted octanol–water partition coefficient (Wildman–Crippen LogP) is 3.37. The van der Waals surface area contributed by atoms with E-state index in [1.165, 1.54) is 6.42 Å². The molecule has 1 aliphatic rings. The second-order valence-corrected chi connectivity index (χ2v) is 7.39. The summed E-state index contributed by atoms with van der Waals surface area (Å²) in [4.78, 5) is 0.354. The van der Waals surface area contributed by atoms with Crippen molar-refractivity contribution in [1.82, 2.24) is 4.72 Å². The van der Waals surface area contributed by atoms with E-state index in [0.717, 1.165) is 25.7 Å². The molecule has 1 aromatic rings. The third-order valence-electron chi connectivity index (χ3n) is 4.28. The van der Waals surface area contributed by atoms with Crippen LogP contribution in [0.2, 0.25) is 0 Å². The van der Waals surface area contributed by atoms with E-state index in [2.05, 4.69) is 17.0 Å². The van der Waals surface area contributed by atoms with Crippen molar-refractivity contribution in [2.45, 2.75) is 56.9 Å². The number of hydrogen-bond acceptors (Lipinski definition) is 3. The number of nitrogens with one attached hydrogen (secondary N) is 2. The zero-order valence-electron chi connectivity index (χ0n) is 12.9. The first-order chi connectivity index (χ1) is 10.1. The minimum absolute atomic E-state index is 0.0726. The van der Waals surface area contributed by atoms with Gasteiger partial charge in [-0.05, 0) is 37.8 Å². The molecule has 2 rings (SSSR count). The van der Waals surface area contributed by atoms with Gasteiger partial charge in [0.25, 0.3) is 0 Å². The molecule has 0 saturated heterocycles. The number of benzene rings is 1. The molecule has 21 heavy (non-hydrogen) atoms. The Bertz CT molecular complexity index is 557. The molecule has 0 heterocycles. The molecule has 0 aliphatic heterocycles. The van der Waals surface area contributed by atoms with Crippen LogP contribution in [0.25, 0.3) is 0 Å². The van der Waals surface area contributed by atoms with Crippen LogP contribution in [0.3, 0.4) is 0 Å². The quantitative estimate of drug-likeness (QED) is 0.847. The maximum Gasteiger partial charge on any atom is 0.242 e. The summed E-state index contributed by atoms with van der Waals surface area (Å²) in [6.07, 6.45) is 5.42. The first kappa shape index (κ1) is 16.3. The van der Waals surface area contributed by atoms with Crippen LogP contribution in [0.5, 0.6) is 0 Å². The van der Waals surface area contributed by atoms with Gasteiger partial charge in [-0.25, -0.2) is 13.1 Å². The monoisotopic (exact) mass is 310 g/mol. The zero-order chi connectivity index (χ0) is 15.3. The van der Waals surface area contributed by atoms with Crippen molar-refractivity contribution >= 4 is 15.7 Å². The number of rotatable bonds is 6. The Morgan fingerprint density at radius 1 is 1.14 bits per heavy atom. The third-order valence-corrected chi connectivity index (χ3v) is 5.83. The van der Waals surface area contributed by atoms with Crippen molar-refractivity contribution in [1.29, 1.82) is 0 Å². The second kappa shape index (κ2) is 7.27. The van der Waals surface area contributed by atoms with Crippen molar-refractivity contribution < 1.29 is 8.42 Å². The maximum atomic E-state index is 12.7. The van der Waals surface area contributed by atoms with Gasteiger partial charge in [-0.2, -0.15) is 0 Å². The first-order valence-corrected chi connectivity index (χ1v) is 9.42. The predicted molar refractivity (Wildman–Crippen MR) is 87.0 cm³/mol. The van der Waals surface area contributed by atoms with Crippen LogP contribution in [0, 0.1) is 5.92 Å². The molecule has 1 fully saturated rings. The van der Waals surface area contributed by atoms with E-state index in [0.29, 0.717) is 23.0 Å². The van der Waals surface area contributed by atoms with E-state index in [4.69, 9.17) is 0 Å². The lowest BCUT2D eigenvalue weighted by Gasteiger charge is -2.31. The number of sulfonamides is 1. The fourth-order valence-corrected chi connectivity index (χ4v) is 4.67. The van der Waals surface area contributed by atoms with E-state index in [9.17, 15) is 8.42 Å². The Labute approximate surface area is 128 Å². The molecule has 0 spiro atoms. The molecular formula is C16H26N2O2S. The summed E-state index contributed by atoms with van der Waals surface area (Å²) in [5, 5.41) is 3.13. The lowest BCUT2D eigenvalue weighted by Crippen LogP contribution is -2.42. The van der Waals surface area contributed by atoms with Gasteiger partial charge in [-0.3, -0.25) is 0 Å². The Hall–Kier alpha value is -1.07. The molecule has 0 bridgehead atoms. The minimum Gasteiger partial charge on any atom is -0.384 e. The summed E-state index contributed by atoms with van der Waals surface area (Å²) in [7, 11) is -3.47. The summed E-state index contributed by atoms with van der Waals surface area (Å²) in [5.41, 5.74) is 0.677. The molecule has 0 aromatic heterocycles. The van der Waals surface area contributed by atoms with Crippen molar-refractivity contribution in [2.75, 3.05) is 11.9 Å². The number of para-hydroxylation sites is 1. The molecule has 4 nitrogen and oxygen atoms in total. The van der Waals surface area contributed by atoms with E-state index in [-0.39, 0.29) is 6.04 Å². The molecule has 2 atom stereocenters. The topological polar surface area (TPSA) is 58.2 Å². The van der Waals surface area contributed by atoms with Gasteiger partial charge >= 0.3 is 0 Å². The van der Waals surface area contributed by atoms with Gasteiger partial charge in [-0.1, -0.05) is 38.3 Å². The average Bonchev–Trinajstić information content (AvgIpc) is 2.48. The highest BCUT2D eigenvalue weighted by atomic mass is 32.2. The first-order valence-electron chi connectivity index (χ1n) is 7.93. The van der Waals surface area contributed by atoms with Gasteiger partial charge < -0.3 is 5.32 Å². The standard InChI is InChI=1S/C16H26N2O2S/c1-3-13-9-5-6-10-14(13)18-21(19,20)16-12-8-7-11-15(16)17-4-2/h7-8,11-14,17-18H,3-6,9-10H2,1-2H3. The summed E-state index contributed by atoms with van der Waals surface area (Å²) in [6.45, 7) is 4.81. The van der Waals surface area contributed by atoms with Gasteiger partial charge in [0.05, 0.1) is 5.69 Å². The van der Waals surface area contributed by atoms with Gasteiger partial charge in [-0.15, -0.1) is 0 Å². The minimum atomic E-state index is -3.47. The summed E-state index contributed by atoms with van der Waals surface area (Å²) >= 11 is 0. The second-order valence-electron chi connectivity index (χ2n) is 5.71. The van der Waals surface area contributed by atoms with E-state index < -0.39 is 10.0 Å². The van der Waals surface area contributed by atoms with Crippen LogP contribution in [-0.2, 0) is 10.0 Å². The normalized spacial score (nSPS) is 23.0. The summed E-state index contributed by atoms with van der Waals surface area (Å²) in [6, 6.07) is 7.18. The van der Waals surface area contributed by atoms with Gasteiger partial charge in [0.1, 0.15) is 4.90 Å². The highest BCUT2D eigenvalue weighted by Gasteiger charge is 2.29. The smallest absolute Gasteiger partial charge is 0.242 e. The Morgan fingerprint density at radius 3 is 2.57 bits per heavy atom. The molecule has 5 heteroatoms. The van der Waals surface area contributed by atoms with E-state index in [1.54, 1.807) is 12.1 Å². The highest BCUT2D eigenvalue weighted by Crippen LogP contribution is 2.29. The van der Waals surface area contributed by atoms with Crippen molar-refractivity contribution in [3.63, 3.8) is 0 Å². The van der Waals surface area contributed by atoms with Gasteiger partial charge in [0, 0.05) is 12.6 Å². The largest absolute Gasteiger partial charge is 0.384 e. The summed E-state index contributed by atoms with van der Waals surface area (Å²) in [5.74, 6) is 0.458. The van der Waals surface area contributed by atoms with Crippen LogP contribution >= 0.6 is 0 Å². The zero-order valence-corrected chi connectivity index (χ0v) is 13.7. The van der Waals surface area contributed by atoms with Crippen molar-refractivity contribution in [3.05, 3.63) is 24.3 Å². The third kappa shape index (κ3) is 3.98. The molecule has 1 aliphatic carbocycles. The molecule has 118 valence electrons. The van der Waals surface area contributed by atoms with Crippen LogP contribution in [-0.4, -0.2) is 21.0 Å². The van der Waals surface area contributed by atoms with Crippen LogP contribution in [0.4, 0.5) is 5.69 Å². The van der Waals surface area contributed by atoms with E-state index in [1.807, 2.05) is 19.1 Å². The lowest BCUT2D eigenvalue weighted by atomic mass is 9.83. The van der Waals surface area contributed by atoms with Crippen LogP contribution in [0.1, 0.15) is 46.0 Å². The van der Waals surface area contributed by atoms with E-state index >= 15 is 0 Å². The molecular weight excluding hydrogens is 284 g/mol. The molecule has 1 aromatic carbocycles. The average molecular weight is 310 g/mol. The van der Waals surface area contributed by atoms with Crippen molar-refractivity contribution in [3.8, 4) is 0 Å². The van der Waals surface area contributed by atoms with Crippen molar-refractivity contribution in [2.24, 2.45) is 5.92 Å². The Morgan fingerprint density at radius 2 is 1.86 bits per heavy atom. The fourth-order valence-electron chi connectivity index (χ4n) is 3.15. The molecule has 0 amide bonds. The maximum absolute atomic E-state index is 12.7. The molecule has 2 N–H and O–H groups in total. The fraction of sp³-hybridized carbons (Fsp3) is 0.625. The highest BCUT2D eigenvalue weighted by molar-refractivity contribution is 7.89. The number of anilines is 1. The molecule has 1 saturated carbocycles. The van der Waals surface area contributed by atoms with Gasteiger partial charge in [0.15, 0.2) is 0 Å². The van der Waals surface area contributed by atoms with Crippen LogP contribution in [0.15, 0.2) is 29.2 Å².